The molecular weight excluding hydrogens is 380 g/mol. The minimum Gasteiger partial charge on any atom is -0.497 e. The molecule has 0 saturated carbocycles. The first kappa shape index (κ1) is 21.4. The van der Waals surface area contributed by atoms with Crippen molar-refractivity contribution < 1.29 is 23.9 Å². The number of hydrogen-bond acceptors (Lipinski definition) is 6. The summed E-state index contributed by atoms with van der Waals surface area (Å²) in [6.07, 6.45) is 0. The minimum absolute atomic E-state index is 0.181. The molecule has 0 aliphatic carbocycles. The number of carbonyl (C=O) groups is 3. The molecule has 0 saturated heterocycles. The largest absolute Gasteiger partial charge is 0.497 e. The van der Waals surface area contributed by atoms with E-state index < -0.39 is 11.9 Å². The van der Waals surface area contributed by atoms with Gasteiger partial charge in [0, 0.05) is 18.7 Å². The maximum absolute atomic E-state index is 12.8. The molecule has 0 bridgehead atoms. The van der Waals surface area contributed by atoms with E-state index in [2.05, 4.69) is 5.32 Å². The quantitative estimate of drug-likeness (QED) is 0.713. The Labute approximate surface area is 168 Å². The van der Waals surface area contributed by atoms with Crippen molar-refractivity contribution in [2.24, 2.45) is 0 Å². The number of nitrogens with one attached hydrogen (secondary N) is 1. The average Bonchev–Trinajstić information content (AvgIpc) is 3.03. The molecular formula is C20H24N2O5S. The highest BCUT2D eigenvalue weighted by molar-refractivity contribution is 7.18. The van der Waals surface area contributed by atoms with Gasteiger partial charge in [0.25, 0.3) is 11.8 Å². The molecule has 0 unspecified atom stereocenters. The molecule has 1 heterocycles. The summed E-state index contributed by atoms with van der Waals surface area (Å²) in [6, 6.07) is 6.66. The van der Waals surface area contributed by atoms with Crippen molar-refractivity contribution in [3.63, 3.8) is 0 Å². The Bertz CT molecular complexity index is 887. The molecule has 0 spiro atoms. The summed E-state index contributed by atoms with van der Waals surface area (Å²) < 4.78 is 10.00. The second-order valence-electron chi connectivity index (χ2n) is 5.92. The van der Waals surface area contributed by atoms with E-state index in [9.17, 15) is 14.4 Å². The zero-order valence-corrected chi connectivity index (χ0v) is 17.4. The number of carbonyl (C=O) groups excluding carboxylic acids is 3. The van der Waals surface area contributed by atoms with Crippen molar-refractivity contribution in [2.75, 3.05) is 32.6 Å². The average molecular weight is 404 g/mol. The molecule has 1 aromatic heterocycles. The van der Waals surface area contributed by atoms with Gasteiger partial charge in [0.05, 0.1) is 24.7 Å². The molecule has 7 nitrogen and oxygen atoms in total. The number of thiophene rings is 1. The van der Waals surface area contributed by atoms with Crippen molar-refractivity contribution >= 4 is 34.1 Å². The topological polar surface area (TPSA) is 84.9 Å². The first-order chi connectivity index (χ1) is 13.4. The number of methoxy groups -OCH3 is 2. The van der Waals surface area contributed by atoms with Gasteiger partial charge in [0.15, 0.2) is 0 Å². The molecule has 2 amide bonds. The van der Waals surface area contributed by atoms with Crippen LogP contribution < -0.4 is 10.1 Å². The highest BCUT2D eigenvalue weighted by Gasteiger charge is 2.28. The SMILES string of the molecule is CCN(CC)C(=O)c1sc(NC(=O)c2cccc(OC)c2)c(C(=O)OC)c1C. The van der Waals surface area contributed by atoms with E-state index in [1.807, 2.05) is 13.8 Å². The molecule has 2 aromatic rings. The Hall–Kier alpha value is -2.87. The molecule has 28 heavy (non-hydrogen) atoms. The lowest BCUT2D eigenvalue weighted by Gasteiger charge is -2.17. The number of anilines is 1. The summed E-state index contributed by atoms with van der Waals surface area (Å²) in [4.78, 5) is 39.8. The number of ether oxygens (including phenoxy) is 2. The van der Waals surface area contributed by atoms with Gasteiger partial charge in [-0.2, -0.15) is 0 Å². The smallest absolute Gasteiger partial charge is 0.341 e. The van der Waals surface area contributed by atoms with Crippen molar-refractivity contribution in [1.29, 1.82) is 0 Å². The van der Waals surface area contributed by atoms with Crippen molar-refractivity contribution in [1.82, 2.24) is 4.90 Å². The number of amides is 2. The van der Waals surface area contributed by atoms with Gasteiger partial charge in [-0.1, -0.05) is 6.07 Å². The zero-order valence-electron chi connectivity index (χ0n) is 16.6. The van der Waals surface area contributed by atoms with Gasteiger partial charge in [0.1, 0.15) is 10.8 Å². The molecule has 8 heteroatoms. The Morgan fingerprint density at radius 3 is 2.39 bits per heavy atom. The highest BCUT2D eigenvalue weighted by atomic mass is 32.1. The van der Waals surface area contributed by atoms with Crippen LogP contribution in [0.5, 0.6) is 5.75 Å². The molecule has 0 fully saturated rings. The molecule has 1 aromatic carbocycles. The van der Waals surface area contributed by atoms with E-state index >= 15 is 0 Å². The standard InChI is InChI=1S/C20H24N2O5S/c1-6-22(7-2)19(24)16-12(3)15(20(25)27-5)18(28-16)21-17(23)13-9-8-10-14(11-13)26-4/h8-11H,6-7H2,1-5H3,(H,21,23). The Morgan fingerprint density at radius 2 is 1.82 bits per heavy atom. The Balaban J connectivity index is 2.44. The van der Waals surface area contributed by atoms with Gasteiger partial charge < -0.3 is 19.7 Å². The predicted molar refractivity (Wildman–Crippen MR) is 109 cm³/mol. The fraction of sp³-hybridized carbons (Fsp3) is 0.350. The van der Waals surface area contributed by atoms with Crippen molar-refractivity contribution in [3.05, 3.63) is 45.8 Å². The molecule has 150 valence electrons. The normalized spacial score (nSPS) is 10.3. The maximum atomic E-state index is 12.8. The fourth-order valence-corrected chi connectivity index (χ4v) is 3.91. The number of rotatable bonds is 7. The van der Waals surface area contributed by atoms with Crippen LogP contribution in [-0.2, 0) is 4.74 Å². The van der Waals surface area contributed by atoms with Gasteiger partial charge in [-0.05, 0) is 44.5 Å². The second-order valence-corrected chi connectivity index (χ2v) is 6.94. The maximum Gasteiger partial charge on any atom is 0.341 e. The van der Waals surface area contributed by atoms with Gasteiger partial charge >= 0.3 is 5.97 Å². The van der Waals surface area contributed by atoms with Crippen molar-refractivity contribution in [2.45, 2.75) is 20.8 Å². The summed E-state index contributed by atoms with van der Waals surface area (Å²) in [7, 11) is 2.78. The molecule has 1 N–H and O–H groups in total. The molecule has 2 rings (SSSR count). The zero-order chi connectivity index (χ0) is 20.8. The fourth-order valence-electron chi connectivity index (χ4n) is 2.75. The van der Waals surface area contributed by atoms with Crippen LogP contribution in [0.3, 0.4) is 0 Å². The molecule has 0 radical (unpaired) electrons. The number of nitrogens with zero attached hydrogens (tertiary/aromatic N) is 1. The summed E-state index contributed by atoms with van der Waals surface area (Å²) in [5.74, 6) is -0.652. The third kappa shape index (κ3) is 4.33. The number of hydrogen-bond donors (Lipinski definition) is 1. The molecule has 0 atom stereocenters. The Kier molecular flexibility index (Phi) is 7.17. The van der Waals surface area contributed by atoms with Crippen LogP contribution in [0.4, 0.5) is 5.00 Å². The van der Waals surface area contributed by atoms with E-state index in [4.69, 9.17) is 9.47 Å². The second kappa shape index (κ2) is 9.36. The summed E-state index contributed by atoms with van der Waals surface area (Å²) >= 11 is 1.07. The predicted octanol–water partition coefficient (Wildman–Crippen LogP) is 3.59. The monoisotopic (exact) mass is 404 g/mol. The van der Waals surface area contributed by atoms with E-state index in [0.717, 1.165) is 11.3 Å². The van der Waals surface area contributed by atoms with Crippen molar-refractivity contribution in [3.8, 4) is 5.75 Å². The molecule has 0 aliphatic heterocycles. The van der Waals surface area contributed by atoms with Gasteiger partial charge in [0.2, 0.25) is 0 Å². The van der Waals surface area contributed by atoms with Gasteiger partial charge in [-0.15, -0.1) is 11.3 Å². The number of esters is 1. The minimum atomic E-state index is -0.603. The first-order valence-corrected chi connectivity index (χ1v) is 9.65. The first-order valence-electron chi connectivity index (χ1n) is 8.84. The highest BCUT2D eigenvalue weighted by Crippen LogP contribution is 2.35. The van der Waals surface area contributed by atoms with E-state index in [0.29, 0.717) is 34.8 Å². The lowest BCUT2D eigenvalue weighted by Crippen LogP contribution is -2.30. The number of benzene rings is 1. The van der Waals surface area contributed by atoms with Crippen LogP contribution in [0, 0.1) is 6.92 Å². The van der Waals surface area contributed by atoms with Crippen LogP contribution in [0.1, 0.15) is 49.8 Å². The summed E-state index contributed by atoms with van der Waals surface area (Å²) in [5, 5.41) is 3.02. The van der Waals surface area contributed by atoms with E-state index in [1.54, 1.807) is 36.1 Å². The third-order valence-electron chi connectivity index (χ3n) is 4.34. The van der Waals surface area contributed by atoms with Crippen LogP contribution in [0.25, 0.3) is 0 Å². The molecule has 0 aliphatic rings. The lowest BCUT2D eigenvalue weighted by atomic mass is 10.1. The third-order valence-corrected chi connectivity index (χ3v) is 5.54. The van der Waals surface area contributed by atoms with Crippen LogP contribution >= 0.6 is 11.3 Å². The van der Waals surface area contributed by atoms with E-state index in [-0.39, 0.29) is 16.5 Å². The van der Waals surface area contributed by atoms with Crippen LogP contribution in [0.15, 0.2) is 24.3 Å². The van der Waals surface area contributed by atoms with Gasteiger partial charge in [-0.3, -0.25) is 9.59 Å². The Morgan fingerprint density at radius 1 is 1.14 bits per heavy atom. The lowest BCUT2D eigenvalue weighted by molar-refractivity contribution is 0.0601. The summed E-state index contributed by atoms with van der Waals surface area (Å²) in [6.45, 7) is 6.55. The van der Waals surface area contributed by atoms with Crippen LogP contribution in [-0.4, -0.2) is 50.0 Å². The van der Waals surface area contributed by atoms with Gasteiger partial charge in [-0.25, -0.2) is 4.79 Å². The summed E-state index contributed by atoms with van der Waals surface area (Å²) in [5.41, 5.74) is 1.06. The van der Waals surface area contributed by atoms with E-state index in [1.165, 1.54) is 14.2 Å². The van der Waals surface area contributed by atoms with Crippen LogP contribution in [0.2, 0.25) is 0 Å².